The van der Waals surface area contributed by atoms with E-state index in [1.54, 1.807) is 18.2 Å². The summed E-state index contributed by atoms with van der Waals surface area (Å²) in [5, 5.41) is 8.04. The first-order chi connectivity index (χ1) is 8.97. The van der Waals surface area contributed by atoms with Gasteiger partial charge in [0.1, 0.15) is 17.3 Å². The normalized spacial score (nSPS) is 10.3. The highest BCUT2D eigenvalue weighted by Crippen LogP contribution is 2.30. The standard InChI is InChI=1S/C14H14ClN3O/c1-8-6-10(15)7-9(2)13(8)19-12-5-3-4-11(18-12)14(16)17/h3-7H,1-2H3,(H3,16,17). The van der Waals surface area contributed by atoms with Gasteiger partial charge in [-0.25, -0.2) is 4.98 Å². The predicted molar refractivity (Wildman–Crippen MR) is 76.3 cm³/mol. The monoisotopic (exact) mass is 275 g/mol. The van der Waals surface area contributed by atoms with Crippen LogP contribution in [0.1, 0.15) is 16.8 Å². The first-order valence-corrected chi connectivity index (χ1v) is 6.11. The summed E-state index contributed by atoms with van der Waals surface area (Å²) in [5.74, 6) is 1.04. The molecule has 2 aromatic rings. The molecule has 98 valence electrons. The molecule has 0 atom stereocenters. The summed E-state index contributed by atoms with van der Waals surface area (Å²) in [6, 6.07) is 8.80. The van der Waals surface area contributed by atoms with Gasteiger partial charge >= 0.3 is 0 Å². The molecule has 1 aromatic carbocycles. The number of hydrogen-bond donors (Lipinski definition) is 2. The fourth-order valence-electron chi connectivity index (χ4n) is 1.78. The SMILES string of the molecule is Cc1cc(Cl)cc(C)c1Oc1cccc(C(=N)N)n1. The average Bonchev–Trinajstić information content (AvgIpc) is 2.34. The van der Waals surface area contributed by atoms with Crippen LogP contribution in [0, 0.1) is 19.3 Å². The number of nitrogens with one attached hydrogen (secondary N) is 1. The molecule has 0 unspecified atom stereocenters. The van der Waals surface area contributed by atoms with Crippen LogP contribution in [0.4, 0.5) is 0 Å². The van der Waals surface area contributed by atoms with Crippen molar-refractivity contribution in [3.05, 3.63) is 52.2 Å². The lowest BCUT2D eigenvalue weighted by atomic mass is 10.1. The molecule has 1 aromatic heterocycles. The first kappa shape index (κ1) is 13.4. The molecule has 3 N–H and O–H groups in total. The molecule has 0 aliphatic carbocycles. The van der Waals surface area contributed by atoms with Gasteiger partial charge in [0.2, 0.25) is 5.88 Å². The van der Waals surface area contributed by atoms with E-state index in [0.29, 0.717) is 16.6 Å². The van der Waals surface area contributed by atoms with Crippen molar-refractivity contribution >= 4 is 17.4 Å². The van der Waals surface area contributed by atoms with Crippen molar-refractivity contribution in [2.75, 3.05) is 0 Å². The van der Waals surface area contributed by atoms with E-state index in [-0.39, 0.29) is 5.84 Å². The molecular weight excluding hydrogens is 262 g/mol. The zero-order valence-electron chi connectivity index (χ0n) is 10.7. The van der Waals surface area contributed by atoms with E-state index in [1.807, 2.05) is 26.0 Å². The van der Waals surface area contributed by atoms with Crippen molar-refractivity contribution in [2.24, 2.45) is 5.73 Å². The van der Waals surface area contributed by atoms with E-state index < -0.39 is 0 Å². The van der Waals surface area contributed by atoms with Crippen LogP contribution in [0.2, 0.25) is 5.02 Å². The molecule has 0 aliphatic heterocycles. The van der Waals surface area contributed by atoms with Crippen LogP contribution in [0.5, 0.6) is 11.6 Å². The van der Waals surface area contributed by atoms with E-state index >= 15 is 0 Å². The number of hydrogen-bond acceptors (Lipinski definition) is 3. The van der Waals surface area contributed by atoms with Gasteiger partial charge in [-0.3, -0.25) is 5.41 Å². The number of halogens is 1. The highest BCUT2D eigenvalue weighted by molar-refractivity contribution is 6.30. The molecule has 1 heterocycles. The summed E-state index contributed by atoms with van der Waals surface area (Å²) < 4.78 is 5.76. The molecule has 0 fully saturated rings. The van der Waals surface area contributed by atoms with Crippen molar-refractivity contribution in [3.63, 3.8) is 0 Å². The van der Waals surface area contributed by atoms with Gasteiger partial charge in [-0.15, -0.1) is 0 Å². The Morgan fingerprint density at radius 2 is 1.89 bits per heavy atom. The molecule has 19 heavy (non-hydrogen) atoms. The van der Waals surface area contributed by atoms with E-state index in [9.17, 15) is 0 Å². The minimum absolute atomic E-state index is 0.0880. The molecule has 0 aliphatic rings. The van der Waals surface area contributed by atoms with Gasteiger partial charge in [0, 0.05) is 11.1 Å². The quantitative estimate of drug-likeness (QED) is 0.666. The van der Waals surface area contributed by atoms with Crippen LogP contribution in [0.25, 0.3) is 0 Å². The van der Waals surface area contributed by atoms with Crippen LogP contribution >= 0.6 is 11.6 Å². The van der Waals surface area contributed by atoms with Gasteiger partial charge in [-0.1, -0.05) is 17.7 Å². The van der Waals surface area contributed by atoms with Crippen molar-refractivity contribution in [1.82, 2.24) is 4.98 Å². The second-order valence-electron chi connectivity index (χ2n) is 4.25. The third-order valence-electron chi connectivity index (χ3n) is 2.63. The van der Waals surface area contributed by atoms with Crippen LogP contribution in [0.15, 0.2) is 30.3 Å². The van der Waals surface area contributed by atoms with E-state index in [4.69, 9.17) is 27.5 Å². The molecule has 2 rings (SSSR count). The van der Waals surface area contributed by atoms with Crippen molar-refractivity contribution < 1.29 is 4.74 Å². The molecule has 4 nitrogen and oxygen atoms in total. The number of benzene rings is 1. The van der Waals surface area contributed by atoms with E-state index in [0.717, 1.165) is 16.9 Å². The van der Waals surface area contributed by atoms with E-state index in [2.05, 4.69) is 4.98 Å². The van der Waals surface area contributed by atoms with Gasteiger partial charge in [0.15, 0.2) is 0 Å². The van der Waals surface area contributed by atoms with Crippen LogP contribution in [-0.2, 0) is 0 Å². The Kier molecular flexibility index (Phi) is 3.71. The maximum atomic E-state index is 7.37. The number of amidine groups is 1. The molecule has 0 bridgehead atoms. The molecule has 5 heteroatoms. The molecule has 0 saturated carbocycles. The van der Waals surface area contributed by atoms with Gasteiger partial charge in [0.25, 0.3) is 0 Å². The second-order valence-corrected chi connectivity index (χ2v) is 4.68. The fourth-order valence-corrected chi connectivity index (χ4v) is 2.11. The van der Waals surface area contributed by atoms with Crippen molar-refractivity contribution in [1.29, 1.82) is 5.41 Å². The Morgan fingerprint density at radius 1 is 1.26 bits per heavy atom. The molecule has 0 spiro atoms. The topological polar surface area (TPSA) is 72.0 Å². The summed E-state index contributed by atoms with van der Waals surface area (Å²) in [4.78, 5) is 4.17. The number of rotatable bonds is 3. The number of ether oxygens (including phenoxy) is 1. The van der Waals surface area contributed by atoms with Gasteiger partial charge in [0.05, 0.1) is 0 Å². The highest BCUT2D eigenvalue weighted by atomic mass is 35.5. The number of nitrogens with zero attached hydrogens (tertiary/aromatic N) is 1. The number of aromatic nitrogens is 1. The summed E-state index contributed by atoms with van der Waals surface area (Å²) in [7, 11) is 0. The second kappa shape index (κ2) is 5.28. The highest BCUT2D eigenvalue weighted by Gasteiger charge is 2.09. The molecule has 0 saturated heterocycles. The Labute approximate surface area is 116 Å². The first-order valence-electron chi connectivity index (χ1n) is 5.73. The van der Waals surface area contributed by atoms with Crippen LogP contribution in [-0.4, -0.2) is 10.8 Å². The number of nitrogens with two attached hydrogens (primary N) is 1. The zero-order chi connectivity index (χ0) is 14.0. The molecular formula is C14H14ClN3O. The largest absolute Gasteiger partial charge is 0.438 e. The lowest BCUT2D eigenvalue weighted by molar-refractivity contribution is 0.455. The number of aryl methyl sites for hydroxylation is 2. The number of pyridine rings is 1. The van der Waals surface area contributed by atoms with Crippen molar-refractivity contribution in [3.8, 4) is 11.6 Å². The maximum Gasteiger partial charge on any atom is 0.219 e. The van der Waals surface area contributed by atoms with Gasteiger partial charge < -0.3 is 10.5 Å². The predicted octanol–water partition coefficient (Wildman–Crippen LogP) is 3.43. The Morgan fingerprint density at radius 3 is 2.47 bits per heavy atom. The Bertz CT molecular complexity index is 617. The Hall–Kier alpha value is -2.07. The third kappa shape index (κ3) is 3.03. The summed E-state index contributed by atoms with van der Waals surface area (Å²) >= 11 is 5.98. The molecule has 0 amide bonds. The average molecular weight is 276 g/mol. The minimum atomic E-state index is -0.0880. The lowest BCUT2D eigenvalue weighted by Gasteiger charge is -2.12. The van der Waals surface area contributed by atoms with Crippen LogP contribution in [0.3, 0.4) is 0 Å². The van der Waals surface area contributed by atoms with Crippen molar-refractivity contribution in [2.45, 2.75) is 13.8 Å². The Balaban J connectivity index is 2.36. The minimum Gasteiger partial charge on any atom is -0.438 e. The summed E-state index contributed by atoms with van der Waals surface area (Å²) in [6.07, 6.45) is 0. The smallest absolute Gasteiger partial charge is 0.219 e. The molecule has 0 radical (unpaired) electrons. The van der Waals surface area contributed by atoms with Gasteiger partial charge in [-0.2, -0.15) is 0 Å². The number of nitrogen functional groups attached to an aromatic ring is 1. The van der Waals surface area contributed by atoms with Crippen LogP contribution < -0.4 is 10.5 Å². The third-order valence-corrected chi connectivity index (χ3v) is 2.85. The zero-order valence-corrected chi connectivity index (χ0v) is 11.5. The summed E-state index contributed by atoms with van der Waals surface area (Å²) in [5.41, 5.74) is 7.66. The van der Waals surface area contributed by atoms with E-state index in [1.165, 1.54) is 0 Å². The lowest BCUT2D eigenvalue weighted by Crippen LogP contribution is -2.13. The fraction of sp³-hybridized carbons (Fsp3) is 0.143. The van der Waals surface area contributed by atoms with Gasteiger partial charge in [-0.05, 0) is 43.2 Å². The maximum absolute atomic E-state index is 7.37. The summed E-state index contributed by atoms with van der Waals surface area (Å²) in [6.45, 7) is 3.84.